The van der Waals surface area contributed by atoms with Gasteiger partial charge in [0, 0.05) is 36.7 Å². The summed E-state index contributed by atoms with van der Waals surface area (Å²) in [4.78, 5) is 3.09. The number of halogens is 1. The summed E-state index contributed by atoms with van der Waals surface area (Å²) in [5.74, 6) is -0.275. The van der Waals surface area contributed by atoms with Gasteiger partial charge in [0.15, 0.2) is 0 Å². The molecule has 23 heavy (non-hydrogen) atoms. The number of rotatable bonds is 4. The Kier molecular flexibility index (Phi) is 4.70. The zero-order valence-electron chi connectivity index (χ0n) is 12.9. The summed E-state index contributed by atoms with van der Waals surface area (Å²) in [5, 5.41) is 0. The van der Waals surface area contributed by atoms with Crippen molar-refractivity contribution in [3.63, 3.8) is 0 Å². The molecule has 0 amide bonds. The molecule has 0 aliphatic carbocycles. The highest BCUT2D eigenvalue weighted by molar-refractivity contribution is 7.91. The number of anilines is 1. The molecular formula is C16H19FN2O2S2. The van der Waals surface area contributed by atoms with E-state index in [-0.39, 0.29) is 5.82 Å². The van der Waals surface area contributed by atoms with Gasteiger partial charge in [0.05, 0.1) is 0 Å². The number of hydrogen-bond donors (Lipinski definition) is 0. The monoisotopic (exact) mass is 354 g/mol. The predicted octanol–water partition coefficient (Wildman–Crippen LogP) is 2.96. The molecule has 0 radical (unpaired) electrons. The number of aryl methyl sites for hydroxylation is 1. The Morgan fingerprint density at radius 3 is 2.48 bits per heavy atom. The van der Waals surface area contributed by atoms with E-state index in [1.165, 1.54) is 27.8 Å². The van der Waals surface area contributed by atoms with Gasteiger partial charge in [0.25, 0.3) is 10.0 Å². The predicted molar refractivity (Wildman–Crippen MR) is 91.1 cm³/mol. The fraction of sp³-hybridized carbons (Fsp3) is 0.375. The quantitative estimate of drug-likeness (QED) is 0.848. The Morgan fingerprint density at radius 1 is 1.13 bits per heavy atom. The summed E-state index contributed by atoms with van der Waals surface area (Å²) in [6.07, 6.45) is 0.841. The second-order valence-corrected chi connectivity index (χ2v) is 8.78. The van der Waals surface area contributed by atoms with Gasteiger partial charge in [-0.2, -0.15) is 4.31 Å². The van der Waals surface area contributed by atoms with E-state index in [1.807, 2.05) is 24.0 Å². The fourth-order valence-electron chi connectivity index (χ4n) is 2.67. The van der Waals surface area contributed by atoms with E-state index < -0.39 is 10.0 Å². The summed E-state index contributed by atoms with van der Waals surface area (Å²) in [5.41, 5.74) is 0.798. The van der Waals surface area contributed by atoms with Crippen molar-refractivity contribution in [3.05, 3.63) is 47.1 Å². The molecule has 7 heteroatoms. The van der Waals surface area contributed by atoms with Crippen LogP contribution < -0.4 is 4.90 Å². The average Bonchev–Trinajstić information content (AvgIpc) is 3.05. The topological polar surface area (TPSA) is 40.6 Å². The van der Waals surface area contributed by atoms with Crippen molar-refractivity contribution in [2.75, 3.05) is 31.1 Å². The molecule has 2 aromatic rings. The second-order valence-electron chi connectivity index (χ2n) is 5.45. The molecule has 0 N–H and O–H groups in total. The van der Waals surface area contributed by atoms with Crippen LogP contribution in [0.5, 0.6) is 0 Å². The van der Waals surface area contributed by atoms with Crippen molar-refractivity contribution >= 4 is 27.0 Å². The lowest BCUT2D eigenvalue weighted by Crippen LogP contribution is -2.48. The molecule has 3 rings (SSSR count). The van der Waals surface area contributed by atoms with E-state index in [0.717, 1.165) is 17.0 Å². The van der Waals surface area contributed by atoms with Crippen LogP contribution in [-0.2, 0) is 16.4 Å². The van der Waals surface area contributed by atoms with Crippen molar-refractivity contribution in [2.45, 2.75) is 17.6 Å². The summed E-state index contributed by atoms with van der Waals surface area (Å²) >= 11 is 1.34. The largest absolute Gasteiger partial charge is 0.369 e. The van der Waals surface area contributed by atoms with Crippen molar-refractivity contribution in [3.8, 4) is 0 Å². The first-order chi connectivity index (χ1) is 11.0. The van der Waals surface area contributed by atoms with E-state index in [9.17, 15) is 12.8 Å². The lowest BCUT2D eigenvalue weighted by atomic mass is 10.2. The van der Waals surface area contributed by atoms with Crippen LogP contribution in [0, 0.1) is 5.82 Å². The van der Waals surface area contributed by atoms with Crippen molar-refractivity contribution in [1.29, 1.82) is 0 Å². The summed E-state index contributed by atoms with van der Waals surface area (Å²) in [6.45, 7) is 3.97. The minimum atomic E-state index is -3.41. The molecule has 1 aliphatic heterocycles. The molecule has 0 bridgehead atoms. The van der Waals surface area contributed by atoms with Gasteiger partial charge in [-0.3, -0.25) is 0 Å². The number of hydrogen-bond acceptors (Lipinski definition) is 4. The minimum absolute atomic E-state index is 0.275. The lowest BCUT2D eigenvalue weighted by Gasteiger charge is -2.35. The van der Waals surface area contributed by atoms with Crippen LogP contribution in [0.15, 0.2) is 40.6 Å². The maximum Gasteiger partial charge on any atom is 0.252 e. The molecule has 0 unspecified atom stereocenters. The van der Waals surface area contributed by atoms with Crippen LogP contribution in [0.3, 0.4) is 0 Å². The van der Waals surface area contributed by atoms with Crippen molar-refractivity contribution in [2.24, 2.45) is 0 Å². The van der Waals surface area contributed by atoms with E-state index >= 15 is 0 Å². The average molecular weight is 354 g/mol. The highest BCUT2D eigenvalue weighted by atomic mass is 32.2. The fourth-order valence-corrected chi connectivity index (χ4v) is 5.55. The van der Waals surface area contributed by atoms with Gasteiger partial charge in [0.2, 0.25) is 0 Å². The van der Waals surface area contributed by atoms with Gasteiger partial charge in [0.1, 0.15) is 10.0 Å². The molecule has 0 saturated carbocycles. The Balaban J connectivity index is 1.71. The van der Waals surface area contributed by atoms with E-state index in [1.54, 1.807) is 12.1 Å². The van der Waals surface area contributed by atoms with Crippen molar-refractivity contribution in [1.82, 2.24) is 4.31 Å². The zero-order chi connectivity index (χ0) is 16.4. The first kappa shape index (κ1) is 16.4. The van der Waals surface area contributed by atoms with E-state index in [0.29, 0.717) is 30.4 Å². The SMILES string of the molecule is CCc1ccc(S(=O)(=O)N2CCN(c3cccc(F)c3)CC2)s1. The molecule has 1 aromatic carbocycles. The Morgan fingerprint density at radius 2 is 1.87 bits per heavy atom. The Hall–Kier alpha value is -1.44. The molecule has 0 atom stereocenters. The van der Waals surface area contributed by atoms with Gasteiger partial charge < -0.3 is 4.90 Å². The molecule has 1 fully saturated rings. The van der Waals surface area contributed by atoms with Crippen LogP contribution in [0.2, 0.25) is 0 Å². The molecular weight excluding hydrogens is 335 g/mol. The molecule has 1 saturated heterocycles. The number of benzene rings is 1. The van der Waals surface area contributed by atoms with E-state index in [2.05, 4.69) is 0 Å². The minimum Gasteiger partial charge on any atom is -0.369 e. The highest BCUT2D eigenvalue weighted by Crippen LogP contribution is 2.27. The molecule has 2 heterocycles. The molecule has 4 nitrogen and oxygen atoms in total. The van der Waals surface area contributed by atoms with Gasteiger partial charge >= 0.3 is 0 Å². The number of thiophene rings is 1. The lowest BCUT2D eigenvalue weighted by molar-refractivity contribution is 0.385. The molecule has 1 aliphatic rings. The van der Waals surface area contributed by atoms with Gasteiger partial charge in [-0.1, -0.05) is 13.0 Å². The normalized spacial score (nSPS) is 16.7. The molecule has 0 spiro atoms. The maximum absolute atomic E-state index is 13.3. The van der Waals surface area contributed by atoms with Gasteiger partial charge in [-0.15, -0.1) is 11.3 Å². The van der Waals surface area contributed by atoms with Crippen LogP contribution in [0.1, 0.15) is 11.8 Å². The number of sulfonamides is 1. The Bertz CT molecular complexity index is 781. The molecule has 124 valence electrons. The second kappa shape index (κ2) is 6.59. The number of piperazine rings is 1. The standard InChI is InChI=1S/C16H19FN2O2S2/c1-2-15-6-7-16(22-15)23(20,21)19-10-8-18(9-11-19)14-5-3-4-13(17)12-14/h3-7,12H,2,8-11H2,1H3. The zero-order valence-corrected chi connectivity index (χ0v) is 14.5. The van der Waals surface area contributed by atoms with Crippen LogP contribution >= 0.6 is 11.3 Å². The third-order valence-corrected chi connectivity index (χ3v) is 7.59. The highest BCUT2D eigenvalue weighted by Gasteiger charge is 2.29. The maximum atomic E-state index is 13.3. The van der Waals surface area contributed by atoms with Crippen LogP contribution in [0.25, 0.3) is 0 Å². The smallest absolute Gasteiger partial charge is 0.252 e. The van der Waals surface area contributed by atoms with Crippen molar-refractivity contribution < 1.29 is 12.8 Å². The number of nitrogens with zero attached hydrogens (tertiary/aromatic N) is 2. The summed E-state index contributed by atoms with van der Waals surface area (Å²) < 4.78 is 40.6. The van der Waals surface area contributed by atoms with Gasteiger partial charge in [-0.25, -0.2) is 12.8 Å². The van der Waals surface area contributed by atoms with Crippen LogP contribution in [-0.4, -0.2) is 38.9 Å². The summed E-state index contributed by atoms with van der Waals surface area (Å²) in [7, 11) is -3.41. The molecule has 1 aromatic heterocycles. The first-order valence-corrected chi connectivity index (χ1v) is 9.86. The Labute approximate surface area is 140 Å². The van der Waals surface area contributed by atoms with E-state index in [4.69, 9.17) is 0 Å². The van der Waals surface area contributed by atoms with Gasteiger partial charge in [-0.05, 0) is 36.8 Å². The third kappa shape index (κ3) is 3.41. The first-order valence-electron chi connectivity index (χ1n) is 7.60. The van der Waals surface area contributed by atoms with Crippen LogP contribution in [0.4, 0.5) is 10.1 Å². The third-order valence-electron chi connectivity index (χ3n) is 3.99. The summed E-state index contributed by atoms with van der Waals surface area (Å²) in [6, 6.07) is 9.98.